The lowest BCUT2D eigenvalue weighted by Crippen LogP contribution is -2.48. The summed E-state index contributed by atoms with van der Waals surface area (Å²) in [5.74, 6) is 0.390. The summed E-state index contributed by atoms with van der Waals surface area (Å²) < 4.78 is 7.03. The number of halogens is 1. The fourth-order valence-corrected chi connectivity index (χ4v) is 3.82. The molecule has 1 spiro atoms. The fourth-order valence-electron chi connectivity index (χ4n) is 3.37. The maximum atomic E-state index is 10.5. The predicted molar refractivity (Wildman–Crippen MR) is 79.1 cm³/mol. The van der Waals surface area contributed by atoms with Crippen LogP contribution in [0.1, 0.15) is 37.7 Å². The van der Waals surface area contributed by atoms with Crippen molar-refractivity contribution >= 4 is 15.9 Å². The van der Waals surface area contributed by atoms with Crippen molar-refractivity contribution in [2.75, 3.05) is 6.61 Å². The molecular formula is C16H21BrO2. The van der Waals surface area contributed by atoms with Gasteiger partial charge in [0.25, 0.3) is 0 Å². The summed E-state index contributed by atoms with van der Waals surface area (Å²) in [5, 5.41) is 10.5. The van der Waals surface area contributed by atoms with E-state index in [0.717, 1.165) is 30.3 Å². The van der Waals surface area contributed by atoms with E-state index in [-0.39, 0.29) is 11.7 Å². The van der Waals surface area contributed by atoms with Crippen LogP contribution in [0.15, 0.2) is 28.7 Å². The number of ether oxygens (including phenoxy) is 1. The van der Waals surface area contributed by atoms with Gasteiger partial charge in [0.15, 0.2) is 0 Å². The third-order valence-corrected chi connectivity index (χ3v) is 5.50. The molecule has 2 fully saturated rings. The van der Waals surface area contributed by atoms with Gasteiger partial charge >= 0.3 is 0 Å². The quantitative estimate of drug-likeness (QED) is 0.918. The van der Waals surface area contributed by atoms with Crippen LogP contribution in [0.3, 0.4) is 0 Å². The van der Waals surface area contributed by atoms with Gasteiger partial charge in [-0.25, -0.2) is 0 Å². The fraction of sp³-hybridized carbons (Fsp3) is 0.625. The van der Waals surface area contributed by atoms with Crippen LogP contribution in [-0.2, 0) is 11.2 Å². The van der Waals surface area contributed by atoms with Gasteiger partial charge in [-0.1, -0.05) is 34.1 Å². The van der Waals surface area contributed by atoms with E-state index < -0.39 is 0 Å². The van der Waals surface area contributed by atoms with Crippen LogP contribution in [0, 0.1) is 5.92 Å². The van der Waals surface area contributed by atoms with E-state index in [0.29, 0.717) is 5.92 Å². The average Bonchev–Trinajstić information content (AvgIpc) is 2.40. The molecule has 2 atom stereocenters. The first kappa shape index (κ1) is 13.6. The minimum atomic E-state index is -0.250. The van der Waals surface area contributed by atoms with E-state index in [1.165, 1.54) is 24.8 Å². The Kier molecular flexibility index (Phi) is 3.97. The zero-order chi connectivity index (χ0) is 13.3. The molecule has 0 aromatic heterocycles. The number of hydrogen-bond acceptors (Lipinski definition) is 2. The van der Waals surface area contributed by atoms with Crippen molar-refractivity contribution < 1.29 is 9.84 Å². The van der Waals surface area contributed by atoms with E-state index in [9.17, 15) is 5.11 Å². The van der Waals surface area contributed by atoms with Gasteiger partial charge in [-0.15, -0.1) is 0 Å². The van der Waals surface area contributed by atoms with Crippen molar-refractivity contribution in [3.63, 3.8) is 0 Å². The molecule has 1 aromatic rings. The summed E-state index contributed by atoms with van der Waals surface area (Å²) in [6, 6.07) is 8.17. The molecular weight excluding hydrogens is 304 g/mol. The van der Waals surface area contributed by atoms with Crippen LogP contribution >= 0.6 is 15.9 Å². The topological polar surface area (TPSA) is 29.5 Å². The summed E-state index contributed by atoms with van der Waals surface area (Å²) in [7, 11) is 0. The minimum Gasteiger partial charge on any atom is -0.392 e. The van der Waals surface area contributed by atoms with Crippen LogP contribution in [0.2, 0.25) is 0 Å². The Bertz CT molecular complexity index is 442. The van der Waals surface area contributed by atoms with Gasteiger partial charge in [-0.05, 0) is 56.1 Å². The molecule has 104 valence electrons. The number of hydrogen-bond donors (Lipinski definition) is 1. The van der Waals surface area contributed by atoms with Gasteiger partial charge in [0, 0.05) is 11.1 Å². The molecule has 2 unspecified atom stereocenters. The van der Waals surface area contributed by atoms with Crippen LogP contribution in [0.25, 0.3) is 0 Å². The van der Waals surface area contributed by atoms with E-state index >= 15 is 0 Å². The molecule has 2 nitrogen and oxygen atoms in total. The molecule has 1 saturated carbocycles. The summed E-state index contributed by atoms with van der Waals surface area (Å²) in [5.41, 5.74) is 1.32. The summed E-state index contributed by atoms with van der Waals surface area (Å²) >= 11 is 3.56. The first-order chi connectivity index (χ1) is 9.19. The lowest BCUT2D eigenvalue weighted by molar-refractivity contribution is -0.156. The lowest BCUT2D eigenvalue weighted by Gasteiger charge is -2.48. The maximum Gasteiger partial charge on any atom is 0.0686 e. The Morgan fingerprint density at radius 2 is 2.16 bits per heavy atom. The summed E-state index contributed by atoms with van der Waals surface area (Å²) in [4.78, 5) is 0. The van der Waals surface area contributed by atoms with Crippen LogP contribution in [0.5, 0.6) is 0 Å². The van der Waals surface area contributed by atoms with Crippen molar-refractivity contribution in [1.29, 1.82) is 0 Å². The highest BCUT2D eigenvalue weighted by Crippen LogP contribution is 2.45. The molecule has 1 N–H and O–H groups in total. The zero-order valence-electron chi connectivity index (χ0n) is 11.1. The SMILES string of the molecule is OC(Cc1ccccc1Br)C1CCOC2(CCC2)C1. The van der Waals surface area contributed by atoms with Crippen LogP contribution in [0.4, 0.5) is 0 Å². The molecule has 1 aromatic carbocycles. The first-order valence-electron chi connectivity index (χ1n) is 7.24. The second-order valence-electron chi connectivity index (χ2n) is 6.00. The molecule has 1 aliphatic heterocycles. The lowest BCUT2D eigenvalue weighted by atomic mass is 9.70. The molecule has 0 bridgehead atoms. The normalized spacial score (nSPS) is 26.9. The van der Waals surface area contributed by atoms with Crippen molar-refractivity contribution in [1.82, 2.24) is 0 Å². The average molecular weight is 325 g/mol. The Balaban J connectivity index is 1.64. The van der Waals surface area contributed by atoms with Crippen LogP contribution < -0.4 is 0 Å². The van der Waals surface area contributed by atoms with Crippen molar-refractivity contribution in [3.05, 3.63) is 34.3 Å². The van der Waals surface area contributed by atoms with E-state index in [1.807, 2.05) is 18.2 Å². The molecule has 3 rings (SSSR count). The third kappa shape index (κ3) is 2.88. The second-order valence-corrected chi connectivity index (χ2v) is 6.86. The minimum absolute atomic E-state index is 0.123. The van der Waals surface area contributed by atoms with Crippen molar-refractivity contribution in [2.45, 2.75) is 50.2 Å². The third-order valence-electron chi connectivity index (χ3n) is 4.73. The van der Waals surface area contributed by atoms with E-state index in [4.69, 9.17) is 4.74 Å². The predicted octanol–water partition coefficient (Wildman–Crippen LogP) is 3.70. The standard InChI is InChI=1S/C16H21BrO2/c17-14-5-2-1-4-12(14)10-15(18)13-6-9-19-16(11-13)7-3-8-16/h1-2,4-5,13,15,18H,3,6-11H2. The molecule has 2 aliphatic rings. The van der Waals surface area contributed by atoms with Crippen molar-refractivity contribution in [3.8, 4) is 0 Å². The maximum absolute atomic E-state index is 10.5. The number of rotatable bonds is 3. The van der Waals surface area contributed by atoms with Gasteiger partial charge in [0.05, 0.1) is 11.7 Å². The Hall–Kier alpha value is -0.380. The zero-order valence-corrected chi connectivity index (χ0v) is 12.7. The van der Waals surface area contributed by atoms with Gasteiger partial charge in [-0.2, -0.15) is 0 Å². The van der Waals surface area contributed by atoms with Gasteiger partial charge < -0.3 is 9.84 Å². The molecule has 0 radical (unpaired) electrons. The summed E-state index contributed by atoms with van der Waals surface area (Å²) in [6.07, 6.45) is 6.18. The summed E-state index contributed by atoms with van der Waals surface area (Å²) in [6.45, 7) is 0.817. The molecule has 0 amide bonds. The highest BCUT2D eigenvalue weighted by molar-refractivity contribution is 9.10. The molecule has 1 aliphatic carbocycles. The molecule has 19 heavy (non-hydrogen) atoms. The number of aliphatic hydroxyl groups excluding tert-OH is 1. The van der Waals surface area contributed by atoms with Gasteiger partial charge in [0.2, 0.25) is 0 Å². The largest absolute Gasteiger partial charge is 0.392 e. The molecule has 1 saturated heterocycles. The number of benzene rings is 1. The highest BCUT2D eigenvalue weighted by atomic mass is 79.9. The van der Waals surface area contributed by atoms with Gasteiger partial charge in [0.1, 0.15) is 0 Å². The smallest absolute Gasteiger partial charge is 0.0686 e. The van der Waals surface area contributed by atoms with Gasteiger partial charge in [-0.3, -0.25) is 0 Å². The Morgan fingerprint density at radius 3 is 2.84 bits per heavy atom. The number of aliphatic hydroxyl groups is 1. The van der Waals surface area contributed by atoms with Crippen LogP contribution in [-0.4, -0.2) is 23.4 Å². The molecule has 1 heterocycles. The van der Waals surface area contributed by atoms with Crippen molar-refractivity contribution in [2.24, 2.45) is 5.92 Å². The Morgan fingerprint density at radius 1 is 1.37 bits per heavy atom. The Labute approximate surface area is 123 Å². The monoisotopic (exact) mass is 324 g/mol. The molecule has 3 heteroatoms. The second kappa shape index (κ2) is 5.55. The first-order valence-corrected chi connectivity index (χ1v) is 8.03. The highest BCUT2D eigenvalue weighted by Gasteiger charge is 2.44. The van der Waals surface area contributed by atoms with E-state index in [1.54, 1.807) is 0 Å². The van der Waals surface area contributed by atoms with E-state index in [2.05, 4.69) is 22.0 Å².